The molecule has 0 N–H and O–H groups in total. The van der Waals surface area contributed by atoms with Gasteiger partial charge >= 0.3 is 0 Å². The molecule has 1 aromatic carbocycles. The van der Waals surface area contributed by atoms with Crippen molar-refractivity contribution in [2.45, 2.75) is 40.0 Å². The quantitative estimate of drug-likeness (QED) is 0.711. The predicted molar refractivity (Wildman–Crippen MR) is 75.6 cm³/mol. The van der Waals surface area contributed by atoms with E-state index in [0.29, 0.717) is 11.7 Å². The maximum Gasteiger partial charge on any atom is 0.165 e. The van der Waals surface area contributed by atoms with E-state index in [-0.39, 0.29) is 5.92 Å². The van der Waals surface area contributed by atoms with Gasteiger partial charge in [0.1, 0.15) is 0 Å². The molecule has 18 heavy (non-hydrogen) atoms. The maximum atomic E-state index is 12.4. The number of carbonyl (C=O) groups excluding carboxylic acids is 1. The minimum atomic E-state index is 0.169. The molecule has 0 radical (unpaired) electrons. The summed E-state index contributed by atoms with van der Waals surface area (Å²) in [5.41, 5.74) is 0.872. The molecule has 1 aromatic rings. The Morgan fingerprint density at radius 1 is 1.11 bits per heavy atom. The van der Waals surface area contributed by atoms with Crippen LogP contribution in [0.4, 0.5) is 0 Å². The van der Waals surface area contributed by atoms with Gasteiger partial charge in [-0.25, -0.2) is 0 Å². The van der Waals surface area contributed by atoms with Gasteiger partial charge in [0, 0.05) is 11.5 Å². The van der Waals surface area contributed by atoms with Gasteiger partial charge in [0.15, 0.2) is 5.78 Å². The Morgan fingerprint density at radius 3 is 2.39 bits per heavy atom. The average Bonchev–Trinajstić information content (AvgIpc) is 2.41. The highest BCUT2D eigenvalue weighted by Crippen LogP contribution is 2.37. The van der Waals surface area contributed by atoms with Gasteiger partial charge in [0.25, 0.3) is 0 Å². The van der Waals surface area contributed by atoms with Crippen LogP contribution in [0.15, 0.2) is 30.3 Å². The summed E-state index contributed by atoms with van der Waals surface area (Å²) in [5.74, 6) is 2.64. The molecule has 0 aromatic heterocycles. The van der Waals surface area contributed by atoms with Crippen LogP contribution < -0.4 is 0 Å². The van der Waals surface area contributed by atoms with E-state index in [1.165, 1.54) is 19.3 Å². The first kappa shape index (κ1) is 13.3. The van der Waals surface area contributed by atoms with E-state index in [1.54, 1.807) is 0 Å². The number of hydrogen-bond donors (Lipinski definition) is 0. The van der Waals surface area contributed by atoms with Crippen molar-refractivity contribution in [1.82, 2.24) is 0 Å². The van der Waals surface area contributed by atoms with E-state index in [1.807, 2.05) is 30.3 Å². The summed E-state index contributed by atoms with van der Waals surface area (Å²) in [7, 11) is 0. The van der Waals surface area contributed by atoms with Crippen LogP contribution in [0.3, 0.4) is 0 Å². The number of Topliss-reactive ketones (excluding diaryl/α,β-unsaturated/α-hetero) is 1. The van der Waals surface area contributed by atoms with Gasteiger partial charge < -0.3 is 0 Å². The van der Waals surface area contributed by atoms with Crippen molar-refractivity contribution in [1.29, 1.82) is 0 Å². The fourth-order valence-electron chi connectivity index (χ4n) is 3.12. The van der Waals surface area contributed by atoms with Crippen LogP contribution in [0.5, 0.6) is 0 Å². The van der Waals surface area contributed by atoms with Crippen molar-refractivity contribution in [3.05, 3.63) is 35.9 Å². The van der Waals surface area contributed by atoms with Crippen LogP contribution in [0.1, 0.15) is 50.4 Å². The Morgan fingerprint density at radius 2 is 1.78 bits per heavy atom. The van der Waals surface area contributed by atoms with E-state index in [0.717, 1.165) is 17.4 Å². The molecule has 0 spiro atoms. The lowest BCUT2D eigenvalue weighted by Gasteiger charge is -2.34. The van der Waals surface area contributed by atoms with E-state index < -0.39 is 0 Å². The Kier molecular flexibility index (Phi) is 4.21. The Bertz CT molecular complexity index is 395. The van der Waals surface area contributed by atoms with Gasteiger partial charge in [-0.1, -0.05) is 57.5 Å². The molecule has 1 fully saturated rings. The summed E-state index contributed by atoms with van der Waals surface area (Å²) < 4.78 is 0. The number of benzene rings is 1. The fraction of sp³-hybridized carbons (Fsp3) is 0.588. The molecule has 0 saturated heterocycles. The van der Waals surface area contributed by atoms with Gasteiger partial charge in [-0.3, -0.25) is 4.79 Å². The second-order valence-electron chi connectivity index (χ2n) is 6.05. The lowest BCUT2D eigenvalue weighted by atomic mass is 9.70. The van der Waals surface area contributed by atoms with Crippen LogP contribution in [0.25, 0.3) is 0 Å². The van der Waals surface area contributed by atoms with Crippen LogP contribution in [-0.2, 0) is 0 Å². The third-order valence-electron chi connectivity index (χ3n) is 4.82. The van der Waals surface area contributed by atoms with Crippen molar-refractivity contribution < 1.29 is 4.79 Å². The highest BCUT2D eigenvalue weighted by Gasteiger charge is 2.31. The third kappa shape index (κ3) is 2.82. The molecule has 1 nitrogen and oxygen atoms in total. The summed E-state index contributed by atoms with van der Waals surface area (Å²) in [4.78, 5) is 12.4. The van der Waals surface area contributed by atoms with Gasteiger partial charge in [-0.2, -0.15) is 0 Å². The molecule has 98 valence electrons. The highest BCUT2D eigenvalue weighted by atomic mass is 16.1. The van der Waals surface area contributed by atoms with Crippen LogP contribution in [-0.4, -0.2) is 5.78 Å². The molecule has 0 aliphatic heterocycles. The lowest BCUT2D eigenvalue weighted by molar-refractivity contribution is 0.0818. The fourth-order valence-corrected chi connectivity index (χ4v) is 3.12. The van der Waals surface area contributed by atoms with Gasteiger partial charge in [-0.05, 0) is 30.6 Å². The minimum absolute atomic E-state index is 0.169. The van der Waals surface area contributed by atoms with Crippen molar-refractivity contribution >= 4 is 5.78 Å². The number of hydrogen-bond acceptors (Lipinski definition) is 1. The maximum absolute atomic E-state index is 12.4. The monoisotopic (exact) mass is 244 g/mol. The van der Waals surface area contributed by atoms with Crippen molar-refractivity contribution in [2.75, 3.05) is 0 Å². The first-order chi connectivity index (χ1) is 8.59. The summed E-state index contributed by atoms with van der Waals surface area (Å²) in [6.07, 6.45) is 3.70. The van der Waals surface area contributed by atoms with E-state index in [4.69, 9.17) is 0 Å². The lowest BCUT2D eigenvalue weighted by Crippen LogP contribution is -2.29. The Labute approximate surface area is 111 Å². The van der Waals surface area contributed by atoms with E-state index >= 15 is 0 Å². The highest BCUT2D eigenvalue weighted by molar-refractivity contribution is 5.97. The van der Waals surface area contributed by atoms with Crippen LogP contribution >= 0.6 is 0 Å². The molecule has 1 saturated carbocycles. The van der Waals surface area contributed by atoms with Crippen LogP contribution in [0, 0.1) is 23.7 Å². The van der Waals surface area contributed by atoms with E-state index in [2.05, 4.69) is 20.8 Å². The van der Waals surface area contributed by atoms with Gasteiger partial charge in [0.2, 0.25) is 0 Å². The van der Waals surface area contributed by atoms with Crippen molar-refractivity contribution in [3.63, 3.8) is 0 Å². The van der Waals surface area contributed by atoms with E-state index in [9.17, 15) is 4.79 Å². The van der Waals surface area contributed by atoms with Crippen LogP contribution in [0.2, 0.25) is 0 Å². The van der Waals surface area contributed by atoms with Crippen molar-refractivity contribution in [3.8, 4) is 0 Å². The molecule has 1 heteroatoms. The smallest absolute Gasteiger partial charge is 0.165 e. The molecule has 4 unspecified atom stereocenters. The number of carbonyl (C=O) groups is 1. The summed E-state index contributed by atoms with van der Waals surface area (Å²) in [5, 5.41) is 0. The molecule has 4 atom stereocenters. The molecular formula is C17H24O. The molecule has 0 bridgehead atoms. The zero-order valence-electron chi connectivity index (χ0n) is 11.7. The number of rotatable bonds is 3. The molecule has 0 heterocycles. The molecule has 2 rings (SSSR count). The summed E-state index contributed by atoms with van der Waals surface area (Å²) in [6.45, 7) is 6.78. The van der Waals surface area contributed by atoms with Gasteiger partial charge in [-0.15, -0.1) is 0 Å². The molecular weight excluding hydrogens is 220 g/mol. The predicted octanol–water partition coefficient (Wildman–Crippen LogP) is 4.58. The zero-order chi connectivity index (χ0) is 13.1. The number of ketones is 1. The SMILES string of the molecule is CC1CCC(C(C)C(=O)c2ccccc2)CC1C. The van der Waals surface area contributed by atoms with Gasteiger partial charge in [0.05, 0.1) is 0 Å². The second-order valence-corrected chi connectivity index (χ2v) is 6.05. The standard InChI is InChI=1S/C17H24O/c1-12-9-10-16(11-13(12)2)14(3)17(18)15-7-5-4-6-8-15/h4-8,12-14,16H,9-11H2,1-3H3. The zero-order valence-corrected chi connectivity index (χ0v) is 11.7. The third-order valence-corrected chi connectivity index (χ3v) is 4.82. The largest absolute Gasteiger partial charge is 0.294 e. The first-order valence-electron chi connectivity index (χ1n) is 7.19. The topological polar surface area (TPSA) is 17.1 Å². The average molecular weight is 244 g/mol. The normalized spacial score (nSPS) is 29.8. The Hall–Kier alpha value is -1.11. The Balaban J connectivity index is 2.03. The second kappa shape index (κ2) is 5.69. The summed E-state index contributed by atoms with van der Waals surface area (Å²) >= 11 is 0. The van der Waals surface area contributed by atoms with Crippen molar-refractivity contribution in [2.24, 2.45) is 23.7 Å². The molecule has 1 aliphatic carbocycles. The first-order valence-corrected chi connectivity index (χ1v) is 7.19. The molecule has 0 amide bonds. The molecule has 1 aliphatic rings. The minimum Gasteiger partial charge on any atom is -0.294 e. The summed E-state index contributed by atoms with van der Waals surface area (Å²) in [6, 6.07) is 9.74.